The van der Waals surface area contributed by atoms with Crippen molar-refractivity contribution in [1.29, 1.82) is 0 Å². The Morgan fingerprint density at radius 3 is 2.23 bits per heavy atom. The van der Waals surface area contributed by atoms with E-state index in [0.717, 1.165) is 0 Å². The van der Waals surface area contributed by atoms with Crippen LogP contribution in [-0.4, -0.2) is 19.8 Å². The molecule has 4 heteroatoms. The summed E-state index contributed by atoms with van der Waals surface area (Å²) in [6.45, 7) is -0.119. The standard InChI is InChI=1S/C9H12O3S/c1-13(11,12)7-9-5-3-2-4-8(9)6-10/h2-5,10H,6-7H2,1H3. The molecule has 0 aromatic heterocycles. The minimum atomic E-state index is -3.02. The van der Waals surface area contributed by atoms with E-state index >= 15 is 0 Å². The molecule has 0 unspecified atom stereocenters. The van der Waals surface area contributed by atoms with Gasteiger partial charge in [-0.25, -0.2) is 8.42 Å². The molecule has 0 saturated heterocycles. The maximum atomic E-state index is 11.0. The number of hydrogen-bond donors (Lipinski definition) is 1. The van der Waals surface area contributed by atoms with Crippen LogP contribution in [0.15, 0.2) is 24.3 Å². The first-order valence-corrected chi connectivity index (χ1v) is 5.94. The second-order valence-corrected chi connectivity index (χ2v) is 5.14. The molecule has 72 valence electrons. The van der Waals surface area contributed by atoms with Gasteiger partial charge in [0.1, 0.15) is 0 Å². The Balaban J connectivity index is 3.01. The molecule has 1 aromatic rings. The minimum Gasteiger partial charge on any atom is -0.392 e. The van der Waals surface area contributed by atoms with Crippen LogP contribution in [-0.2, 0) is 22.2 Å². The average Bonchev–Trinajstić information content (AvgIpc) is 2.02. The molecule has 1 aromatic carbocycles. The molecule has 0 aliphatic rings. The van der Waals surface area contributed by atoms with Crippen LogP contribution in [0.1, 0.15) is 11.1 Å². The number of sulfone groups is 1. The van der Waals surface area contributed by atoms with Gasteiger partial charge in [0.15, 0.2) is 9.84 Å². The van der Waals surface area contributed by atoms with Crippen molar-refractivity contribution in [2.75, 3.05) is 6.26 Å². The zero-order chi connectivity index (χ0) is 9.90. The third kappa shape index (κ3) is 3.16. The molecule has 0 radical (unpaired) electrons. The molecule has 0 atom stereocenters. The number of hydrogen-bond acceptors (Lipinski definition) is 3. The van der Waals surface area contributed by atoms with Crippen molar-refractivity contribution in [3.05, 3.63) is 35.4 Å². The van der Waals surface area contributed by atoms with Crippen LogP contribution < -0.4 is 0 Å². The molecule has 0 fully saturated rings. The number of rotatable bonds is 3. The van der Waals surface area contributed by atoms with Crippen molar-refractivity contribution in [1.82, 2.24) is 0 Å². The van der Waals surface area contributed by atoms with Gasteiger partial charge in [0, 0.05) is 6.26 Å². The van der Waals surface area contributed by atoms with Crippen molar-refractivity contribution >= 4 is 9.84 Å². The van der Waals surface area contributed by atoms with Gasteiger partial charge in [-0.15, -0.1) is 0 Å². The summed E-state index contributed by atoms with van der Waals surface area (Å²) in [5.41, 5.74) is 1.35. The second kappa shape index (κ2) is 3.89. The maximum absolute atomic E-state index is 11.0. The lowest BCUT2D eigenvalue weighted by Gasteiger charge is -2.04. The van der Waals surface area contributed by atoms with Gasteiger partial charge in [0.05, 0.1) is 12.4 Å². The first-order valence-electron chi connectivity index (χ1n) is 3.88. The van der Waals surface area contributed by atoms with E-state index in [0.29, 0.717) is 11.1 Å². The monoisotopic (exact) mass is 200 g/mol. The summed E-state index contributed by atoms with van der Waals surface area (Å²) in [6.07, 6.45) is 1.18. The SMILES string of the molecule is CS(=O)(=O)Cc1ccccc1CO. The highest BCUT2D eigenvalue weighted by Gasteiger charge is 2.07. The highest BCUT2D eigenvalue weighted by atomic mass is 32.2. The zero-order valence-electron chi connectivity index (χ0n) is 7.40. The topological polar surface area (TPSA) is 54.4 Å². The summed E-state index contributed by atoms with van der Waals surface area (Å²) in [4.78, 5) is 0. The van der Waals surface area contributed by atoms with E-state index < -0.39 is 9.84 Å². The van der Waals surface area contributed by atoms with Crippen LogP contribution in [0.3, 0.4) is 0 Å². The number of benzene rings is 1. The molecule has 1 N–H and O–H groups in total. The lowest BCUT2D eigenvalue weighted by atomic mass is 10.1. The van der Waals surface area contributed by atoms with E-state index in [4.69, 9.17) is 5.11 Å². The van der Waals surface area contributed by atoms with Crippen molar-refractivity contribution < 1.29 is 13.5 Å². The summed E-state index contributed by atoms with van der Waals surface area (Å²) in [7, 11) is -3.02. The Kier molecular flexibility index (Phi) is 3.06. The highest BCUT2D eigenvalue weighted by Crippen LogP contribution is 2.11. The van der Waals surface area contributed by atoms with Crippen LogP contribution in [0.25, 0.3) is 0 Å². The predicted octanol–water partition coefficient (Wildman–Crippen LogP) is 0.724. The molecule has 0 amide bonds. The molecule has 3 nitrogen and oxygen atoms in total. The van der Waals surface area contributed by atoms with E-state index in [1.165, 1.54) is 6.26 Å². The van der Waals surface area contributed by atoms with E-state index in [1.54, 1.807) is 24.3 Å². The first-order chi connectivity index (χ1) is 6.03. The van der Waals surface area contributed by atoms with Crippen LogP contribution in [0.5, 0.6) is 0 Å². The predicted molar refractivity (Wildman–Crippen MR) is 50.9 cm³/mol. The number of aliphatic hydroxyl groups excluding tert-OH is 1. The van der Waals surface area contributed by atoms with E-state index in [-0.39, 0.29) is 12.4 Å². The Morgan fingerprint density at radius 2 is 1.77 bits per heavy atom. The van der Waals surface area contributed by atoms with Gasteiger partial charge in [-0.05, 0) is 11.1 Å². The summed E-state index contributed by atoms with van der Waals surface area (Å²) in [6, 6.07) is 6.98. The third-order valence-electron chi connectivity index (χ3n) is 1.71. The van der Waals surface area contributed by atoms with Crippen molar-refractivity contribution in [2.24, 2.45) is 0 Å². The maximum Gasteiger partial charge on any atom is 0.151 e. The van der Waals surface area contributed by atoms with E-state index in [2.05, 4.69) is 0 Å². The van der Waals surface area contributed by atoms with Gasteiger partial charge in [-0.1, -0.05) is 24.3 Å². The number of aliphatic hydroxyl groups is 1. The fourth-order valence-corrected chi connectivity index (χ4v) is 1.98. The molecule has 0 heterocycles. The fourth-order valence-electron chi connectivity index (χ4n) is 1.14. The highest BCUT2D eigenvalue weighted by molar-refractivity contribution is 7.89. The zero-order valence-corrected chi connectivity index (χ0v) is 8.21. The van der Waals surface area contributed by atoms with Gasteiger partial charge in [-0.3, -0.25) is 0 Å². The van der Waals surface area contributed by atoms with Crippen LogP contribution in [0.2, 0.25) is 0 Å². The molecular formula is C9H12O3S. The lowest BCUT2D eigenvalue weighted by molar-refractivity contribution is 0.281. The van der Waals surface area contributed by atoms with Crippen molar-refractivity contribution in [2.45, 2.75) is 12.4 Å². The Bertz CT molecular complexity index is 382. The average molecular weight is 200 g/mol. The minimum absolute atomic E-state index is 0.0102. The van der Waals surface area contributed by atoms with Crippen molar-refractivity contribution in [3.8, 4) is 0 Å². The largest absolute Gasteiger partial charge is 0.392 e. The van der Waals surface area contributed by atoms with Crippen molar-refractivity contribution in [3.63, 3.8) is 0 Å². The van der Waals surface area contributed by atoms with Gasteiger partial charge in [0.25, 0.3) is 0 Å². The summed E-state index contributed by atoms with van der Waals surface area (Å²) >= 11 is 0. The molecule has 1 rings (SSSR count). The summed E-state index contributed by atoms with van der Waals surface area (Å²) in [5.74, 6) is -0.0102. The third-order valence-corrected chi connectivity index (χ3v) is 2.54. The van der Waals surface area contributed by atoms with Crippen LogP contribution in [0, 0.1) is 0 Å². The second-order valence-electron chi connectivity index (χ2n) is 3.00. The Hall–Kier alpha value is -0.870. The van der Waals surface area contributed by atoms with Crippen LogP contribution in [0.4, 0.5) is 0 Å². The van der Waals surface area contributed by atoms with E-state index in [1.807, 2.05) is 0 Å². The molecule has 0 spiro atoms. The fraction of sp³-hybridized carbons (Fsp3) is 0.333. The summed E-state index contributed by atoms with van der Waals surface area (Å²) < 4.78 is 22.0. The molecule has 0 saturated carbocycles. The summed E-state index contributed by atoms with van der Waals surface area (Å²) in [5, 5.41) is 8.92. The van der Waals surface area contributed by atoms with E-state index in [9.17, 15) is 8.42 Å². The molecule has 0 aliphatic heterocycles. The molecular weight excluding hydrogens is 188 g/mol. The van der Waals surface area contributed by atoms with Gasteiger partial charge in [-0.2, -0.15) is 0 Å². The Morgan fingerprint density at radius 1 is 1.23 bits per heavy atom. The Labute approximate surface area is 77.9 Å². The lowest BCUT2D eigenvalue weighted by Crippen LogP contribution is -2.03. The quantitative estimate of drug-likeness (QED) is 0.782. The normalized spacial score (nSPS) is 11.5. The molecule has 0 bridgehead atoms. The van der Waals surface area contributed by atoms with Gasteiger partial charge in [0.2, 0.25) is 0 Å². The first kappa shape index (κ1) is 10.2. The molecule has 13 heavy (non-hydrogen) atoms. The smallest absolute Gasteiger partial charge is 0.151 e. The van der Waals surface area contributed by atoms with Gasteiger partial charge >= 0.3 is 0 Å². The van der Waals surface area contributed by atoms with Crippen LogP contribution >= 0.6 is 0 Å². The van der Waals surface area contributed by atoms with Gasteiger partial charge < -0.3 is 5.11 Å². The molecule has 0 aliphatic carbocycles.